The van der Waals surface area contributed by atoms with Gasteiger partial charge in [-0.1, -0.05) is 20.8 Å². The summed E-state index contributed by atoms with van der Waals surface area (Å²) in [5, 5.41) is 3.55. The van der Waals surface area contributed by atoms with Gasteiger partial charge in [0, 0.05) is 18.6 Å². The number of amides is 1. The van der Waals surface area contributed by atoms with Gasteiger partial charge >= 0.3 is 0 Å². The first-order chi connectivity index (χ1) is 7.40. The molecule has 1 aliphatic rings. The Labute approximate surface area is 99.6 Å². The average molecular weight is 226 g/mol. The molecule has 3 nitrogen and oxygen atoms in total. The molecule has 0 radical (unpaired) electrons. The third kappa shape index (κ3) is 2.40. The van der Waals surface area contributed by atoms with E-state index in [1.165, 1.54) is 0 Å². The standard InChI is InChI=1S/C13H26N2O/c1-6-9-15-10-12(4,5)14-13(7-2,8-3)11(15)16/h14H,6-10H2,1-5H3. The molecule has 1 saturated heterocycles. The molecule has 0 bridgehead atoms. The predicted molar refractivity (Wildman–Crippen MR) is 67.4 cm³/mol. The lowest BCUT2D eigenvalue weighted by molar-refractivity contribution is -0.146. The third-order valence-corrected chi connectivity index (χ3v) is 3.56. The lowest BCUT2D eigenvalue weighted by Crippen LogP contribution is -2.71. The van der Waals surface area contributed by atoms with E-state index in [4.69, 9.17) is 0 Å². The molecule has 0 aromatic rings. The van der Waals surface area contributed by atoms with Crippen LogP contribution in [-0.2, 0) is 4.79 Å². The first-order valence-corrected chi connectivity index (χ1v) is 6.49. The Bertz CT molecular complexity index is 257. The summed E-state index contributed by atoms with van der Waals surface area (Å²) in [6.45, 7) is 12.4. The van der Waals surface area contributed by atoms with Crippen molar-refractivity contribution in [3.8, 4) is 0 Å². The van der Waals surface area contributed by atoms with E-state index in [0.717, 1.165) is 32.4 Å². The van der Waals surface area contributed by atoms with Crippen LogP contribution in [0.25, 0.3) is 0 Å². The van der Waals surface area contributed by atoms with Crippen molar-refractivity contribution in [3.05, 3.63) is 0 Å². The van der Waals surface area contributed by atoms with E-state index in [1.54, 1.807) is 0 Å². The van der Waals surface area contributed by atoms with Crippen molar-refractivity contribution in [2.75, 3.05) is 13.1 Å². The van der Waals surface area contributed by atoms with Gasteiger partial charge in [0.05, 0.1) is 5.54 Å². The SMILES string of the molecule is CCCN1CC(C)(C)NC(CC)(CC)C1=O. The van der Waals surface area contributed by atoms with Gasteiger partial charge in [-0.2, -0.15) is 0 Å². The Morgan fingerprint density at radius 2 is 1.81 bits per heavy atom. The fourth-order valence-corrected chi connectivity index (χ4v) is 2.77. The number of nitrogens with zero attached hydrogens (tertiary/aromatic N) is 1. The van der Waals surface area contributed by atoms with Crippen LogP contribution in [-0.4, -0.2) is 35.0 Å². The van der Waals surface area contributed by atoms with E-state index in [-0.39, 0.29) is 11.1 Å². The maximum Gasteiger partial charge on any atom is 0.242 e. The summed E-state index contributed by atoms with van der Waals surface area (Å²) in [6.07, 6.45) is 2.77. The first kappa shape index (κ1) is 13.5. The highest BCUT2D eigenvalue weighted by Gasteiger charge is 2.46. The Balaban J connectivity index is 2.96. The largest absolute Gasteiger partial charge is 0.339 e. The van der Waals surface area contributed by atoms with Gasteiger partial charge in [0.1, 0.15) is 0 Å². The smallest absolute Gasteiger partial charge is 0.242 e. The van der Waals surface area contributed by atoms with Gasteiger partial charge in [-0.3, -0.25) is 10.1 Å². The molecule has 0 aromatic carbocycles. The highest BCUT2D eigenvalue weighted by atomic mass is 16.2. The van der Waals surface area contributed by atoms with Gasteiger partial charge in [0.15, 0.2) is 0 Å². The second-order valence-electron chi connectivity index (χ2n) is 5.52. The zero-order valence-corrected chi connectivity index (χ0v) is 11.4. The maximum absolute atomic E-state index is 12.5. The van der Waals surface area contributed by atoms with Crippen LogP contribution in [0.3, 0.4) is 0 Å². The van der Waals surface area contributed by atoms with Crippen molar-refractivity contribution in [3.63, 3.8) is 0 Å². The van der Waals surface area contributed by atoms with E-state index in [0.29, 0.717) is 5.91 Å². The summed E-state index contributed by atoms with van der Waals surface area (Å²) in [6, 6.07) is 0. The number of rotatable bonds is 4. The van der Waals surface area contributed by atoms with Crippen molar-refractivity contribution < 1.29 is 4.79 Å². The molecule has 16 heavy (non-hydrogen) atoms. The van der Waals surface area contributed by atoms with E-state index >= 15 is 0 Å². The molecule has 0 aromatic heterocycles. The molecule has 1 fully saturated rings. The summed E-state index contributed by atoms with van der Waals surface area (Å²) >= 11 is 0. The van der Waals surface area contributed by atoms with Crippen molar-refractivity contribution in [2.24, 2.45) is 0 Å². The average Bonchev–Trinajstić information content (AvgIpc) is 2.23. The van der Waals surface area contributed by atoms with Crippen molar-refractivity contribution in [1.29, 1.82) is 0 Å². The van der Waals surface area contributed by atoms with Crippen molar-refractivity contribution >= 4 is 5.91 Å². The number of carbonyl (C=O) groups excluding carboxylic acids is 1. The summed E-state index contributed by atoms with van der Waals surface area (Å²) < 4.78 is 0. The van der Waals surface area contributed by atoms with Crippen LogP contribution in [0.1, 0.15) is 53.9 Å². The van der Waals surface area contributed by atoms with Crippen LogP contribution in [0.5, 0.6) is 0 Å². The number of hydrogen-bond acceptors (Lipinski definition) is 2. The van der Waals surface area contributed by atoms with Gasteiger partial charge in [0.25, 0.3) is 0 Å². The Kier molecular flexibility index (Phi) is 4.00. The van der Waals surface area contributed by atoms with Gasteiger partial charge in [0.2, 0.25) is 5.91 Å². The molecule has 0 spiro atoms. The van der Waals surface area contributed by atoms with Gasteiger partial charge < -0.3 is 4.90 Å². The summed E-state index contributed by atoms with van der Waals surface area (Å²) in [7, 11) is 0. The normalized spacial score (nSPS) is 23.6. The highest BCUT2D eigenvalue weighted by Crippen LogP contribution is 2.28. The minimum absolute atomic E-state index is 0.0229. The molecule has 1 rings (SSSR count). The van der Waals surface area contributed by atoms with Crippen molar-refractivity contribution in [2.45, 2.75) is 65.0 Å². The molecule has 1 amide bonds. The van der Waals surface area contributed by atoms with E-state index in [9.17, 15) is 4.79 Å². The summed E-state index contributed by atoms with van der Waals surface area (Å²) in [5.74, 6) is 0.290. The Hall–Kier alpha value is -0.570. The molecule has 0 atom stereocenters. The molecule has 0 saturated carbocycles. The molecule has 1 N–H and O–H groups in total. The molecular weight excluding hydrogens is 200 g/mol. The highest BCUT2D eigenvalue weighted by molar-refractivity contribution is 5.87. The van der Waals surface area contributed by atoms with E-state index in [2.05, 4.69) is 39.9 Å². The van der Waals surface area contributed by atoms with Gasteiger partial charge in [-0.25, -0.2) is 0 Å². The van der Waals surface area contributed by atoms with E-state index in [1.807, 2.05) is 4.90 Å². The quantitative estimate of drug-likeness (QED) is 0.797. The number of nitrogens with one attached hydrogen (secondary N) is 1. The Morgan fingerprint density at radius 1 is 1.25 bits per heavy atom. The van der Waals surface area contributed by atoms with Crippen LogP contribution in [0, 0.1) is 0 Å². The lowest BCUT2D eigenvalue weighted by Gasteiger charge is -2.49. The van der Waals surface area contributed by atoms with Crippen LogP contribution in [0.4, 0.5) is 0 Å². The second kappa shape index (κ2) is 4.74. The number of carbonyl (C=O) groups is 1. The van der Waals surface area contributed by atoms with Crippen LogP contribution in [0.2, 0.25) is 0 Å². The molecule has 0 aliphatic carbocycles. The summed E-state index contributed by atoms with van der Waals surface area (Å²) in [5.41, 5.74) is -0.313. The van der Waals surface area contributed by atoms with Crippen molar-refractivity contribution in [1.82, 2.24) is 10.2 Å². The van der Waals surface area contributed by atoms with Crippen LogP contribution in [0.15, 0.2) is 0 Å². The molecule has 3 heteroatoms. The summed E-state index contributed by atoms with van der Waals surface area (Å²) in [4.78, 5) is 14.5. The number of hydrogen-bond donors (Lipinski definition) is 1. The monoisotopic (exact) mass is 226 g/mol. The molecule has 1 aliphatic heterocycles. The minimum Gasteiger partial charge on any atom is -0.339 e. The minimum atomic E-state index is -0.336. The molecule has 0 unspecified atom stereocenters. The molecule has 94 valence electrons. The number of piperazine rings is 1. The van der Waals surface area contributed by atoms with Crippen LogP contribution >= 0.6 is 0 Å². The van der Waals surface area contributed by atoms with E-state index < -0.39 is 0 Å². The Morgan fingerprint density at radius 3 is 2.25 bits per heavy atom. The predicted octanol–water partition coefficient (Wildman–Crippen LogP) is 2.17. The first-order valence-electron chi connectivity index (χ1n) is 6.49. The molecular formula is C13H26N2O. The second-order valence-corrected chi connectivity index (χ2v) is 5.52. The van der Waals surface area contributed by atoms with Gasteiger partial charge in [-0.15, -0.1) is 0 Å². The van der Waals surface area contributed by atoms with Crippen LogP contribution < -0.4 is 5.32 Å². The van der Waals surface area contributed by atoms with Gasteiger partial charge in [-0.05, 0) is 33.1 Å². The fourth-order valence-electron chi connectivity index (χ4n) is 2.77. The third-order valence-electron chi connectivity index (χ3n) is 3.56. The zero-order chi connectivity index (χ0) is 12.4. The topological polar surface area (TPSA) is 32.3 Å². The maximum atomic E-state index is 12.5. The zero-order valence-electron chi connectivity index (χ0n) is 11.4. The lowest BCUT2D eigenvalue weighted by atomic mass is 9.83. The molecule has 1 heterocycles. The fraction of sp³-hybridized carbons (Fsp3) is 0.923.